The third kappa shape index (κ3) is 7.93. The summed E-state index contributed by atoms with van der Waals surface area (Å²) in [7, 11) is 1.29. The molecule has 1 aliphatic carbocycles. The van der Waals surface area contributed by atoms with Crippen molar-refractivity contribution < 1.29 is 28.6 Å². The standard InChI is InChI=1S/C22H32N2O6/c1-22(2,3)30-21(27)24-18(19(25)28-4)16-10-12-17(13-11-16)23-20(26)29-14-15-8-6-5-7-9-15/h5-9,16-18H,10-14H2,1-4H3,(H,23,26)(H,24,27)/t16?,17?,18-/m0/s1. The molecule has 2 rings (SSSR count). The lowest BCUT2D eigenvalue weighted by molar-refractivity contribution is -0.145. The van der Waals surface area contributed by atoms with Crippen LogP contribution < -0.4 is 10.6 Å². The predicted molar refractivity (Wildman–Crippen MR) is 111 cm³/mol. The molecule has 0 radical (unpaired) electrons. The van der Waals surface area contributed by atoms with E-state index in [1.807, 2.05) is 30.3 Å². The van der Waals surface area contributed by atoms with E-state index in [0.29, 0.717) is 25.7 Å². The van der Waals surface area contributed by atoms with Crippen LogP contribution in [0.2, 0.25) is 0 Å². The Morgan fingerprint density at radius 1 is 1.03 bits per heavy atom. The van der Waals surface area contributed by atoms with Gasteiger partial charge in [-0.05, 0) is 57.9 Å². The van der Waals surface area contributed by atoms with Crippen molar-refractivity contribution in [1.29, 1.82) is 0 Å². The van der Waals surface area contributed by atoms with Crippen LogP contribution in [0.1, 0.15) is 52.0 Å². The van der Waals surface area contributed by atoms with Gasteiger partial charge in [-0.15, -0.1) is 0 Å². The normalized spacial score (nSPS) is 19.9. The zero-order chi connectivity index (χ0) is 22.1. The van der Waals surface area contributed by atoms with E-state index in [2.05, 4.69) is 10.6 Å². The predicted octanol–water partition coefficient (Wildman–Crippen LogP) is 3.54. The van der Waals surface area contributed by atoms with Crippen molar-refractivity contribution in [2.45, 2.75) is 70.7 Å². The van der Waals surface area contributed by atoms with Crippen LogP contribution in [0.4, 0.5) is 9.59 Å². The number of ether oxygens (including phenoxy) is 3. The number of amides is 2. The molecular formula is C22H32N2O6. The summed E-state index contributed by atoms with van der Waals surface area (Å²) < 4.78 is 15.4. The molecule has 166 valence electrons. The molecule has 1 aliphatic rings. The van der Waals surface area contributed by atoms with Crippen molar-refractivity contribution in [3.63, 3.8) is 0 Å². The van der Waals surface area contributed by atoms with Crippen LogP contribution in [0.5, 0.6) is 0 Å². The SMILES string of the molecule is COC(=O)[C@@H](NC(=O)OC(C)(C)C)C1CCC(NC(=O)OCc2ccccc2)CC1. The van der Waals surface area contributed by atoms with Gasteiger partial charge in [0.15, 0.2) is 0 Å². The van der Waals surface area contributed by atoms with E-state index < -0.39 is 29.8 Å². The highest BCUT2D eigenvalue weighted by molar-refractivity contribution is 5.81. The number of hydrogen-bond donors (Lipinski definition) is 2. The van der Waals surface area contributed by atoms with Gasteiger partial charge in [-0.25, -0.2) is 14.4 Å². The lowest BCUT2D eigenvalue weighted by Gasteiger charge is -2.33. The van der Waals surface area contributed by atoms with Gasteiger partial charge >= 0.3 is 18.2 Å². The average molecular weight is 421 g/mol. The van der Waals surface area contributed by atoms with Crippen LogP contribution in [0.3, 0.4) is 0 Å². The first-order valence-electron chi connectivity index (χ1n) is 10.2. The maximum absolute atomic E-state index is 12.2. The molecule has 1 aromatic carbocycles. The fourth-order valence-corrected chi connectivity index (χ4v) is 3.46. The van der Waals surface area contributed by atoms with Crippen molar-refractivity contribution in [1.82, 2.24) is 10.6 Å². The fourth-order valence-electron chi connectivity index (χ4n) is 3.46. The third-order valence-corrected chi connectivity index (χ3v) is 4.91. The van der Waals surface area contributed by atoms with Crippen LogP contribution in [0.15, 0.2) is 30.3 Å². The Kier molecular flexibility index (Phi) is 8.50. The van der Waals surface area contributed by atoms with Gasteiger partial charge in [0.2, 0.25) is 0 Å². The second kappa shape index (κ2) is 10.8. The Morgan fingerprint density at radius 2 is 1.67 bits per heavy atom. The smallest absolute Gasteiger partial charge is 0.408 e. The summed E-state index contributed by atoms with van der Waals surface area (Å²) in [5.41, 5.74) is 0.261. The van der Waals surface area contributed by atoms with Gasteiger partial charge in [0.1, 0.15) is 18.2 Å². The third-order valence-electron chi connectivity index (χ3n) is 4.91. The maximum Gasteiger partial charge on any atom is 0.408 e. The maximum atomic E-state index is 12.2. The topological polar surface area (TPSA) is 103 Å². The van der Waals surface area contributed by atoms with Gasteiger partial charge in [-0.1, -0.05) is 30.3 Å². The largest absolute Gasteiger partial charge is 0.467 e. The van der Waals surface area contributed by atoms with E-state index in [1.54, 1.807) is 20.8 Å². The summed E-state index contributed by atoms with van der Waals surface area (Å²) in [5.74, 6) is -0.595. The molecule has 1 aromatic rings. The van der Waals surface area contributed by atoms with Crippen molar-refractivity contribution in [3.05, 3.63) is 35.9 Å². The Hall–Kier alpha value is -2.77. The Labute approximate surface area is 177 Å². The molecule has 1 saturated carbocycles. The molecule has 0 heterocycles. The molecule has 0 unspecified atom stereocenters. The zero-order valence-electron chi connectivity index (χ0n) is 18.1. The highest BCUT2D eigenvalue weighted by Crippen LogP contribution is 2.28. The Morgan fingerprint density at radius 3 is 2.23 bits per heavy atom. The molecule has 8 heteroatoms. The van der Waals surface area contributed by atoms with Crippen LogP contribution in [-0.4, -0.2) is 43.0 Å². The summed E-state index contributed by atoms with van der Waals surface area (Å²) in [6.07, 6.45) is 1.54. The summed E-state index contributed by atoms with van der Waals surface area (Å²) in [6.45, 7) is 5.49. The number of carbonyl (C=O) groups is 3. The average Bonchev–Trinajstić information content (AvgIpc) is 2.70. The molecule has 0 aromatic heterocycles. The van der Waals surface area contributed by atoms with E-state index in [1.165, 1.54) is 7.11 Å². The van der Waals surface area contributed by atoms with Crippen LogP contribution in [0.25, 0.3) is 0 Å². The summed E-state index contributed by atoms with van der Waals surface area (Å²) in [6, 6.07) is 8.65. The molecule has 2 N–H and O–H groups in total. The van der Waals surface area contributed by atoms with Crippen molar-refractivity contribution in [2.75, 3.05) is 7.11 Å². The number of benzene rings is 1. The van der Waals surface area contributed by atoms with Gasteiger partial charge in [0.25, 0.3) is 0 Å². The van der Waals surface area contributed by atoms with Crippen molar-refractivity contribution in [2.24, 2.45) is 5.92 Å². The second-order valence-corrected chi connectivity index (χ2v) is 8.46. The molecule has 0 bridgehead atoms. The van der Waals surface area contributed by atoms with E-state index in [4.69, 9.17) is 14.2 Å². The summed E-state index contributed by atoms with van der Waals surface area (Å²) in [5, 5.41) is 5.51. The van der Waals surface area contributed by atoms with Gasteiger partial charge in [0.05, 0.1) is 7.11 Å². The van der Waals surface area contributed by atoms with E-state index in [0.717, 1.165) is 5.56 Å². The highest BCUT2D eigenvalue weighted by atomic mass is 16.6. The first kappa shape index (κ1) is 23.5. The second-order valence-electron chi connectivity index (χ2n) is 8.46. The van der Waals surface area contributed by atoms with Crippen LogP contribution in [0, 0.1) is 5.92 Å². The van der Waals surface area contributed by atoms with E-state index >= 15 is 0 Å². The lowest BCUT2D eigenvalue weighted by atomic mass is 9.81. The number of rotatable bonds is 6. The molecule has 0 spiro atoms. The molecule has 0 saturated heterocycles. The van der Waals surface area contributed by atoms with Crippen molar-refractivity contribution in [3.8, 4) is 0 Å². The number of nitrogens with one attached hydrogen (secondary N) is 2. The van der Waals surface area contributed by atoms with Gasteiger partial charge in [-0.2, -0.15) is 0 Å². The van der Waals surface area contributed by atoms with Gasteiger partial charge in [-0.3, -0.25) is 0 Å². The van der Waals surface area contributed by atoms with E-state index in [-0.39, 0.29) is 18.6 Å². The molecular weight excluding hydrogens is 388 g/mol. The van der Waals surface area contributed by atoms with Crippen LogP contribution >= 0.6 is 0 Å². The minimum Gasteiger partial charge on any atom is -0.467 e. The zero-order valence-corrected chi connectivity index (χ0v) is 18.1. The first-order chi connectivity index (χ1) is 14.2. The summed E-state index contributed by atoms with van der Waals surface area (Å²) >= 11 is 0. The molecule has 1 fully saturated rings. The quantitative estimate of drug-likeness (QED) is 0.539. The number of esters is 1. The Balaban J connectivity index is 1.81. The molecule has 0 aliphatic heterocycles. The molecule has 8 nitrogen and oxygen atoms in total. The number of methoxy groups -OCH3 is 1. The monoisotopic (exact) mass is 420 g/mol. The van der Waals surface area contributed by atoms with Gasteiger partial charge < -0.3 is 24.8 Å². The first-order valence-corrected chi connectivity index (χ1v) is 10.2. The lowest BCUT2D eigenvalue weighted by Crippen LogP contribution is -2.50. The molecule has 30 heavy (non-hydrogen) atoms. The minimum absolute atomic E-state index is 0.0376. The molecule has 2 amide bonds. The van der Waals surface area contributed by atoms with Crippen LogP contribution in [-0.2, 0) is 25.6 Å². The van der Waals surface area contributed by atoms with E-state index in [9.17, 15) is 14.4 Å². The number of carbonyl (C=O) groups excluding carboxylic acids is 3. The Bertz CT molecular complexity index is 708. The molecule has 1 atom stereocenters. The highest BCUT2D eigenvalue weighted by Gasteiger charge is 2.35. The number of hydrogen-bond acceptors (Lipinski definition) is 6. The minimum atomic E-state index is -0.782. The number of alkyl carbamates (subject to hydrolysis) is 2. The summed E-state index contributed by atoms with van der Waals surface area (Å²) in [4.78, 5) is 36.4. The fraction of sp³-hybridized carbons (Fsp3) is 0.591. The van der Waals surface area contributed by atoms with Gasteiger partial charge in [0, 0.05) is 6.04 Å². The van der Waals surface area contributed by atoms with Crippen molar-refractivity contribution >= 4 is 18.2 Å².